The number of carbonyl (C=O) groups is 1. The number of carbonyl (C=O) groups excluding carboxylic acids is 1. The maximum absolute atomic E-state index is 12.3. The highest BCUT2D eigenvalue weighted by Gasteiger charge is 2.13. The maximum atomic E-state index is 12.3. The number of aromatic nitrogens is 2. The van der Waals surface area contributed by atoms with Gasteiger partial charge in [-0.25, -0.2) is 4.98 Å². The van der Waals surface area contributed by atoms with Gasteiger partial charge >= 0.3 is 0 Å². The van der Waals surface area contributed by atoms with E-state index in [0.717, 1.165) is 10.8 Å². The van der Waals surface area contributed by atoms with Crippen LogP contribution in [0.4, 0.5) is 0 Å². The first-order valence-electron chi connectivity index (χ1n) is 6.39. The van der Waals surface area contributed by atoms with Crippen molar-refractivity contribution in [3.63, 3.8) is 0 Å². The summed E-state index contributed by atoms with van der Waals surface area (Å²) in [6.07, 6.45) is 1.48. The normalized spacial score (nSPS) is 10.8. The van der Waals surface area contributed by atoms with Crippen LogP contribution in [0.15, 0.2) is 41.1 Å². The molecule has 0 aliphatic carbocycles. The SMILES string of the molecule is Cc1cc(CNC(=O)c2cnc(Cl)c3ccccc23)no1. The van der Waals surface area contributed by atoms with Gasteiger partial charge < -0.3 is 9.84 Å². The summed E-state index contributed by atoms with van der Waals surface area (Å²) in [6.45, 7) is 2.10. The highest BCUT2D eigenvalue weighted by molar-refractivity contribution is 6.34. The molecule has 0 saturated carbocycles. The Hall–Kier alpha value is -2.40. The second-order valence-corrected chi connectivity index (χ2v) is 4.98. The van der Waals surface area contributed by atoms with Crippen LogP contribution in [0.2, 0.25) is 5.15 Å². The van der Waals surface area contributed by atoms with Gasteiger partial charge in [0.25, 0.3) is 5.91 Å². The van der Waals surface area contributed by atoms with Crippen LogP contribution < -0.4 is 5.32 Å². The van der Waals surface area contributed by atoms with E-state index in [0.29, 0.717) is 28.7 Å². The first kappa shape index (κ1) is 13.6. The number of rotatable bonds is 3. The lowest BCUT2D eigenvalue weighted by Crippen LogP contribution is -2.23. The zero-order valence-corrected chi connectivity index (χ0v) is 12.0. The van der Waals surface area contributed by atoms with Crippen molar-refractivity contribution >= 4 is 28.3 Å². The molecular weight excluding hydrogens is 290 g/mol. The second kappa shape index (κ2) is 5.54. The Bertz CT molecular complexity index is 814. The van der Waals surface area contributed by atoms with Gasteiger partial charge in [-0.1, -0.05) is 41.0 Å². The average molecular weight is 302 g/mol. The number of halogens is 1. The molecule has 2 heterocycles. The molecule has 106 valence electrons. The summed E-state index contributed by atoms with van der Waals surface area (Å²) >= 11 is 6.04. The molecular formula is C15H12ClN3O2. The molecule has 0 fully saturated rings. The molecule has 0 unspecified atom stereocenters. The summed E-state index contributed by atoms with van der Waals surface area (Å²) in [5, 5.41) is 8.53. The minimum Gasteiger partial charge on any atom is -0.361 e. The van der Waals surface area contributed by atoms with E-state index in [1.807, 2.05) is 24.3 Å². The third-order valence-electron chi connectivity index (χ3n) is 3.10. The van der Waals surface area contributed by atoms with Crippen LogP contribution in [0.1, 0.15) is 21.8 Å². The summed E-state index contributed by atoms with van der Waals surface area (Å²) in [4.78, 5) is 16.4. The van der Waals surface area contributed by atoms with Crippen molar-refractivity contribution in [2.45, 2.75) is 13.5 Å². The molecule has 2 aromatic heterocycles. The van der Waals surface area contributed by atoms with Crippen molar-refractivity contribution in [1.29, 1.82) is 0 Å². The molecule has 21 heavy (non-hydrogen) atoms. The molecule has 6 heteroatoms. The lowest BCUT2D eigenvalue weighted by molar-refractivity contribution is 0.0951. The second-order valence-electron chi connectivity index (χ2n) is 4.62. The predicted molar refractivity (Wildman–Crippen MR) is 79.2 cm³/mol. The number of nitrogens with one attached hydrogen (secondary N) is 1. The van der Waals surface area contributed by atoms with E-state index in [1.54, 1.807) is 13.0 Å². The third-order valence-corrected chi connectivity index (χ3v) is 3.40. The van der Waals surface area contributed by atoms with E-state index in [9.17, 15) is 4.79 Å². The van der Waals surface area contributed by atoms with Crippen LogP contribution in [-0.4, -0.2) is 16.0 Å². The summed E-state index contributed by atoms with van der Waals surface area (Å²) in [6, 6.07) is 9.17. The number of benzene rings is 1. The number of hydrogen-bond donors (Lipinski definition) is 1. The highest BCUT2D eigenvalue weighted by atomic mass is 35.5. The van der Waals surface area contributed by atoms with E-state index >= 15 is 0 Å². The van der Waals surface area contributed by atoms with E-state index in [2.05, 4.69) is 15.5 Å². The van der Waals surface area contributed by atoms with E-state index in [4.69, 9.17) is 16.1 Å². The molecule has 1 amide bonds. The van der Waals surface area contributed by atoms with Crippen LogP contribution in [0.3, 0.4) is 0 Å². The number of aryl methyl sites for hydroxylation is 1. The minimum absolute atomic E-state index is 0.226. The monoisotopic (exact) mass is 301 g/mol. The predicted octanol–water partition coefficient (Wildman–Crippen LogP) is 3.11. The molecule has 1 aromatic carbocycles. The number of nitrogens with zero attached hydrogens (tertiary/aromatic N) is 2. The van der Waals surface area contributed by atoms with Crippen LogP contribution in [-0.2, 0) is 6.54 Å². The van der Waals surface area contributed by atoms with Gasteiger partial charge in [-0.15, -0.1) is 0 Å². The van der Waals surface area contributed by atoms with Crippen molar-refractivity contribution in [1.82, 2.24) is 15.5 Å². The van der Waals surface area contributed by atoms with Gasteiger partial charge in [0.05, 0.1) is 12.1 Å². The van der Waals surface area contributed by atoms with Gasteiger partial charge in [-0.3, -0.25) is 4.79 Å². The molecule has 1 N–H and O–H groups in total. The average Bonchev–Trinajstić information content (AvgIpc) is 2.91. The van der Waals surface area contributed by atoms with E-state index in [1.165, 1.54) is 6.20 Å². The Morgan fingerprint density at radius 2 is 2.10 bits per heavy atom. The zero-order valence-electron chi connectivity index (χ0n) is 11.3. The summed E-state index contributed by atoms with van der Waals surface area (Å²) in [7, 11) is 0. The van der Waals surface area contributed by atoms with Crippen molar-refractivity contribution in [2.75, 3.05) is 0 Å². The fourth-order valence-electron chi connectivity index (χ4n) is 2.11. The standard InChI is InChI=1S/C15H12ClN3O2/c1-9-6-10(19-21-9)7-18-15(20)13-8-17-14(16)12-5-3-2-4-11(12)13/h2-6,8H,7H2,1H3,(H,18,20). The molecule has 3 aromatic rings. The Balaban J connectivity index is 1.86. The lowest BCUT2D eigenvalue weighted by atomic mass is 10.1. The van der Waals surface area contributed by atoms with Gasteiger partial charge in [0.1, 0.15) is 16.6 Å². The van der Waals surface area contributed by atoms with Crippen LogP contribution in [0.5, 0.6) is 0 Å². The van der Waals surface area contributed by atoms with E-state index < -0.39 is 0 Å². The molecule has 0 radical (unpaired) electrons. The number of fused-ring (bicyclic) bond motifs is 1. The topological polar surface area (TPSA) is 68.0 Å². The number of pyridine rings is 1. The Morgan fingerprint density at radius 1 is 1.33 bits per heavy atom. The van der Waals surface area contributed by atoms with Crippen LogP contribution >= 0.6 is 11.6 Å². The maximum Gasteiger partial charge on any atom is 0.253 e. The molecule has 0 saturated heterocycles. The van der Waals surface area contributed by atoms with Crippen LogP contribution in [0, 0.1) is 6.92 Å². The summed E-state index contributed by atoms with van der Waals surface area (Å²) in [5.41, 5.74) is 1.15. The Labute approximate surface area is 125 Å². The first-order valence-corrected chi connectivity index (χ1v) is 6.76. The van der Waals surface area contributed by atoms with Crippen molar-refractivity contribution in [3.05, 3.63) is 58.7 Å². The Morgan fingerprint density at radius 3 is 2.81 bits per heavy atom. The smallest absolute Gasteiger partial charge is 0.253 e. The quantitative estimate of drug-likeness (QED) is 0.755. The fraction of sp³-hybridized carbons (Fsp3) is 0.133. The van der Waals surface area contributed by atoms with Gasteiger partial charge in [0.2, 0.25) is 0 Å². The van der Waals surface area contributed by atoms with Crippen molar-refractivity contribution in [3.8, 4) is 0 Å². The van der Waals surface area contributed by atoms with Gasteiger partial charge in [-0.2, -0.15) is 0 Å². The van der Waals surface area contributed by atoms with Gasteiger partial charge in [0.15, 0.2) is 0 Å². The molecule has 5 nitrogen and oxygen atoms in total. The summed E-state index contributed by atoms with van der Waals surface area (Å²) < 4.78 is 4.96. The zero-order chi connectivity index (χ0) is 14.8. The molecule has 3 rings (SSSR count). The fourth-order valence-corrected chi connectivity index (χ4v) is 2.32. The molecule has 0 aliphatic rings. The third kappa shape index (κ3) is 2.73. The van der Waals surface area contributed by atoms with Gasteiger partial charge in [0, 0.05) is 17.6 Å². The van der Waals surface area contributed by atoms with Gasteiger partial charge in [-0.05, 0) is 12.3 Å². The minimum atomic E-state index is -0.226. The summed E-state index contributed by atoms with van der Waals surface area (Å²) in [5.74, 6) is 0.480. The molecule has 0 spiro atoms. The van der Waals surface area contributed by atoms with Crippen molar-refractivity contribution < 1.29 is 9.32 Å². The Kier molecular flexibility index (Phi) is 3.58. The molecule has 0 atom stereocenters. The number of amides is 1. The van der Waals surface area contributed by atoms with Crippen molar-refractivity contribution in [2.24, 2.45) is 0 Å². The van der Waals surface area contributed by atoms with Crippen LogP contribution in [0.25, 0.3) is 10.8 Å². The largest absolute Gasteiger partial charge is 0.361 e. The lowest BCUT2D eigenvalue weighted by Gasteiger charge is -2.07. The van der Waals surface area contributed by atoms with E-state index in [-0.39, 0.29) is 5.91 Å². The molecule has 0 aliphatic heterocycles. The first-order chi connectivity index (χ1) is 10.1. The molecule has 0 bridgehead atoms. The highest BCUT2D eigenvalue weighted by Crippen LogP contribution is 2.24. The number of hydrogen-bond acceptors (Lipinski definition) is 4.